The number of aliphatic hydroxyl groups excluding tert-OH is 8. The molecule has 8 N–H and O–H groups in total. The third kappa shape index (κ3) is 6.15. The van der Waals surface area contributed by atoms with Gasteiger partial charge >= 0.3 is 5.97 Å². The lowest BCUT2D eigenvalue weighted by atomic mass is 9.33. The summed E-state index contributed by atoms with van der Waals surface area (Å²) in [6.07, 6.45) is -7.62. The van der Waals surface area contributed by atoms with E-state index in [4.69, 9.17) is 18.9 Å². The molecule has 0 amide bonds. The van der Waals surface area contributed by atoms with Crippen molar-refractivity contribution in [2.45, 2.75) is 187 Å². The molecular weight excluding hydrogens is 712 g/mol. The van der Waals surface area contributed by atoms with E-state index in [0.29, 0.717) is 19.3 Å². The number of rotatable bonds is 5. The van der Waals surface area contributed by atoms with Crippen molar-refractivity contribution in [3.05, 3.63) is 11.6 Å². The van der Waals surface area contributed by atoms with Crippen molar-refractivity contribution in [1.29, 1.82) is 0 Å². The molecule has 19 atom stereocenters. The molecule has 314 valence electrons. The van der Waals surface area contributed by atoms with Gasteiger partial charge in [0, 0.05) is 0 Å². The van der Waals surface area contributed by atoms with Gasteiger partial charge in [-0.3, -0.25) is 4.79 Å². The molecule has 0 unspecified atom stereocenters. The zero-order valence-electron chi connectivity index (χ0n) is 33.9. The van der Waals surface area contributed by atoms with Gasteiger partial charge in [0.15, 0.2) is 12.4 Å². The van der Waals surface area contributed by atoms with E-state index in [2.05, 4.69) is 54.5 Å². The fourth-order valence-corrected chi connectivity index (χ4v) is 13.5. The van der Waals surface area contributed by atoms with Crippen LogP contribution in [-0.2, 0) is 23.7 Å². The number of carbonyl (C=O) groups is 1. The van der Waals surface area contributed by atoms with Crippen LogP contribution in [0, 0.1) is 50.2 Å². The Morgan fingerprint density at radius 2 is 1.45 bits per heavy atom. The number of ether oxygens (including phenoxy) is 4. The van der Waals surface area contributed by atoms with Crippen LogP contribution < -0.4 is 0 Å². The summed E-state index contributed by atoms with van der Waals surface area (Å²) in [7, 11) is 0. The standard InChI is InChI=1S/C42H68O13/c1-20-27(45)29(47)31(49)34(52-20)54-32-30(48)28(46)24(19-43)53-35(32)55-36(51)42-15-13-37(2,3)17-22(42)21-9-10-26-39(6)18-23(44)33(50)38(4,5)25(39)11-12-41(26,8)40(21,7)14-16-42/h9,20,22-35,43-50H,10-19H2,1-8H3/t20-,22-,23+,24+,25-,26+,27-,28+,29+,30-,31+,32+,33-,34-,35-,39-,40+,41+,42-/m0/s1. The SMILES string of the molecule is C[C@@H]1O[C@@H](O[C@H]2[C@H](OC(=O)[C@]34CCC(C)(C)C[C@H]3C3=CC[C@@H]5[C@@]6(C)C[C@@H](O)[C@H](O)C(C)(C)[C@@H]6CC[C@@]5(C)[C@]3(C)CC4)O[C@H](CO)[C@@H](O)[C@@H]2O)[C@H](O)[C@H](O)[C@H]1O. The van der Waals surface area contributed by atoms with Crippen molar-refractivity contribution >= 4 is 5.97 Å². The van der Waals surface area contributed by atoms with Gasteiger partial charge in [-0.2, -0.15) is 0 Å². The van der Waals surface area contributed by atoms with Gasteiger partial charge in [0.25, 0.3) is 0 Å². The molecule has 0 aromatic heterocycles. The average molecular weight is 781 g/mol. The Kier molecular flexibility index (Phi) is 10.6. The van der Waals surface area contributed by atoms with Crippen molar-refractivity contribution in [1.82, 2.24) is 0 Å². The molecule has 7 aliphatic rings. The Balaban J connectivity index is 1.21. The van der Waals surface area contributed by atoms with Crippen molar-refractivity contribution in [3.8, 4) is 0 Å². The van der Waals surface area contributed by atoms with Crippen LogP contribution in [0.15, 0.2) is 11.6 Å². The van der Waals surface area contributed by atoms with Gasteiger partial charge in [-0.05, 0) is 110 Å². The van der Waals surface area contributed by atoms with Gasteiger partial charge < -0.3 is 59.8 Å². The molecule has 0 spiro atoms. The summed E-state index contributed by atoms with van der Waals surface area (Å²) >= 11 is 0. The number of fused-ring (bicyclic) bond motifs is 7. The maximum atomic E-state index is 15.0. The summed E-state index contributed by atoms with van der Waals surface area (Å²) in [4.78, 5) is 15.0. The molecule has 0 aromatic rings. The second-order valence-corrected chi connectivity index (χ2v) is 20.8. The van der Waals surface area contributed by atoms with Crippen LogP contribution in [0.2, 0.25) is 0 Å². The summed E-state index contributed by atoms with van der Waals surface area (Å²) in [5.41, 5.74) is -0.716. The maximum absolute atomic E-state index is 15.0. The van der Waals surface area contributed by atoms with E-state index in [-0.39, 0.29) is 39.4 Å². The van der Waals surface area contributed by atoms with Crippen LogP contribution in [-0.4, -0.2) is 127 Å². The molecule has 6 fully saturated rings. The number of hydrogen-bond acceptors (Lipinski definition) is 13. The highest BCUT2D eigenvalue weighted by molar-refractivity contribution is 5.79. The first kappa shape index (κ1) is 41.9. The van der Waals surface area contributed by atoms with Crippen molar-refractivity contribution in [2.24, 2.45) is 50.2 Å². The highest BCUT2D eigenvalue weighted by Crippen LogP contribution is 2.76. The summed E-state index contributed by atoms with van der Waals surface area (Å²) in [5, 5.41) is 85.9. The van der Waals surface area contributed by atoms with E-state index in [1.807, 2.05) is 0 Å². The predicted molar refractivity (Wildman–Crippen MR) is 198 cm³/mol. The summed E-state index contributed by atoms with van der Waals surface area (Å²) in [6, 6.07) is 0. The first-order chi connectivity index (χ1) is 25.5. The lowest BCUT2D eigenvalue weighted by Gasteiger charge is -2.71. The van der Waals surface area contributed by atoms with Crippen LogP contribution in [0.25, 0.3) is 0 Å². The van der Waals surface area contributed by atoms with E-state index >= 15 is 0 Å². The maximum Gasteiger partial charge on any atom is 0.315 e. The number of allylic oxidation sites excluding steroid dienone is 2. The lowest BCUT2D eigenvalue weighted by Crippen LogP contribution is -2.67. The normalized spacial score (nSPS) is 54.5. The first-order valence-electron chi connectivity index (χ1n) is 20.7. The molecule has 7 rings (SSSR count). The van der Waals surface area contributed by atoms with Gasteiger partial charge in [0.1, 0.15) is 36.6 Å². The molecule has 5 aliphatic carbocycles. The van der Waals surface area contributed by atoms with E-state index in [0.717, 1.165) is 38.5 Å². The second kappa shape index (κ2) is 13.9. The molecule has 2 heterocycles. The Hall–Kier alpha value is -1.23. The fraction of sp³-hybridized carbons (Fsp3) is 0.929. The Morgan fingerprint density at radius 3 is 2.13 bits per heavy atom. The number of carbonyl (C=O) groups excluding carboxylic acids is 1. The van der Waals surface area contributed by atoms with Crippen molar-refractivity contribution in [3.63, 3.8) is 0 Å². The Labute approximate surface area is 325 Å². The highest BCUT2D eigenvalue weighted by atomic mass is 16.8. The molecule has 0 radical (unpaired) electrons. The molecule has 13 heteroatoms. The largest absolute Gasteiger partial charge is 0.432 e. The van der Waals surface area contributed by atoms with Gasteiger partial charge in [0.05, 0.1) is 30.3 Å². The third-order valence-electron chi connectivity index (χ3n) is 17.1. The molecular formula is C42H68O13. The van der Waals surface area contributed by atoms with Gasteiger partial charge in [-0.15, -0.1) is 0 Å². The molecule has 0 aromatic carbocycles. The van der Waals surface area contributed by atoms with Gasteiger partial charge in [0.2, 0.25) is 6.29 Å². The van der Waals surface area contributed by atoms with Crippen molar-refractivity contribution < 1.29 is 64.6 Å². The van der Waals surface area contributed by atoms with Crippen LogP contribution in [0.4, 0.5) is 0 Å². The molecule has 2 saturated heterocycles. The minimum atomic E-state index is -1.73. The minimum Gasteiger partial charge on any atom is -0.432 e. The topological polar surface area (TPSA) is 216 Å². The number of hydrogen-bond donors (Lipinski definition) is 8. The second-order valence-electron chi connectivity index (χ2n) is 20.8. The van der Waals surface area contributed by atoms with Crippen LogP contribution in [0.1, 0.15) is 113 Å². The zero-order chi connectivity index (χ0) is 40.4. The minimum absolute atomic E-state index is 0.0611. The number of esters is 1. The molecule has 55 heavy (non-hydrogen) atoms. The monoisotopic (exact) mass is 780 g/mol. The molecule has 4 saturated carbocycles. The molecule has 2 aliphatic heterocycles. The summed E-state index contributed by atoms with van der Waals surface area (Å²) in [5.74, 6) is -0.159. The van der Waals surface area contributed by atoms with Gasteiger partial charge in [-0.1, -0.05) is 60.1 Å². The van der Waals surface area contributed by atoms with Crippen LogP contribution in [0.5, 0.6) is 0 Å². The smallest absolute Gasteiger partial charge is 0.315 e. The fourth-order valence-electron chi connectivity index (χ4n) is 13.5. The summed E-state index contributed by atoms with van der Waals surface area (Å²) < 4.78 is 23.8. The highest BCUT2D eigenvalue weighted by Gasteiger charge is 2.70. The first-order valence-corrected chi connectivity index (χ1v) is 20.7. The Bertz CT molecular complexity index is 1500. The lowest BCUT2D eigenvalue weighted by molar-refractivity contribution is -0.361. The van der Waals surface area contributed by atoms with E-state index < -0.39 is 97.0 Å². The quantitative estimate of drug-likeness (QED) is 0.149. The molecule has 13 nitrogen and oxygen atoms in total. The summed E-state index contributed by atoms with van der Waals surface area (Å²) in [6.45, 7) is 16.6. The Morgan fingerprint density at radius 1 is 0.782 bits per heavy atom. The van der Waals surface area contributed by atoms with Crippen LogP contribution >= 0.6 is 0 Å². The third-order valence-corrected chi connectivity index (χ3v) is 17.1. The average Bonchev–Trinajstić information content (AvgIpc) is 3.11. The van der Waals surface area contributed by atoms with E-state index in [1.165, 1.54) is 12.5 Å². The van der Waals surface area contributed by atoms with E-state index in [9.17, 15) is 45.6 Å². The van der Waals surface area contributed by atoms with Crippen molar-refractivity contribution in [2.75, 3.05) is 6.61 Å². The predicted octanol–water partition coefficient (Wildman–Crippen LogP) is 2.31. The molecule has 0 bridgehead atoms. The van der Waals surface area contributed by atoms with Gasteiger partial charge in [-0.25, -0.2) is 0 Å². The zero-order valence-corrected chi connectivity index (χ0v) is 33.9. The van der Waals surface area contributed by atoms with Crippen LogP contribution in [0.3, 0.4) is 0 Å². The number of aliphatic hydroxyl groups is 8. The van der Waals surface area contributed by atoms with E-state index in [1.54, 1.807) is 0 Å².